The molecule has 1 rings (SSSR count). The number of nitrogens with one attached hydrogen (secondary N) is 1. The van der Waals surface area contributed by atoms with E-state index in [-0.39, 0.29) is 12.1 Å². The third-order valence-corrected chi connectivity index (χ3v) is 2.98. The van der Waals surface area contributed by atoms with Crippen LogP contribution in [0, 0.1) is 3.57 Å². The Balaban J connectivity index is 2.64. The average molecular weight is 320 g/mol. The quantitative estimate of drug-likeness (QED) is 0.590. The van der Waals surface area contributed by atoms with Gasteiger partial charge in [-0.15, -0.1) is 0 Å². The molecule has 0 aliphatic carbocycles. The summed E-state index contributed by atoms with van der Waals surface area (Å²) in [5.41, 5.74) is 7.51. The third-order valence-electron chi connectivity index (χ3n) is 2.09. The van der Waals surface area contributed by atoms with Crippen molar-refractivity contribution in [1.29, 1.82) is 0 Å². The number of nitrogens with two attached hydrogens (primary N) is 1. The molecule has 2 unspecified atom stereocenters. The summed E-state index contributed by atoms with van der Waals surface area (Å²) in [6.45, 7) is 3.85. The van der Waals surface area contributed by atoms with Crippen molar-refractivity contribution >= 4 is 34.0 Å². The summed E-state index contributed by atoms with van der Waals surface area (Å²) in [5, 5.41) is 12.6. The number of hydrogen-bond donors (Lipinski definition) is 3. The van der Waals surface area contributed by atoms with E-state index in [9.17, 15) is 5.11 Å². The third kappa shape index (κ3) is 4.25. The van der Waals surface area contributed by atoms with Crippen LogP contribution >= 0.6 is 22.6 Å². The van der Waals surface area contributed by atoms with E-state index in [1.54, 1.807) is 6.92 Å². The molecular weight excluding hydrogens is 303 g/mol. The summed E-state index contributed by atoms with van der Waals surface area (Å²) in [5.74, 6) is 0. The summed E-state index contributed by atoms with van der Waals surface area (Å²) in [6, 6.07) is 6.02. The molecule has 0 amide bonds. The van der Waals surface area contributed by atoms with E-state index in [2.05, 4.69) is 34.8 Å². The Labute approximate surface area is 104 Å². The van der Waals surface area contributed by atoms with Gasteiger partial charge in [0.25, 0.3) is 0 Å². The summed E-state index contributed by atoms with van der Waals surface area (Å²) in [4.78, 5) is 0. The van der Waals surface area contributed by atoms with E-state index < -0.39 is 0 Å². The minimum atomic E-state index is -0.279. The Kier molecular flexibility index (Phi) is 4.66. The number of aliphatic hydroxyl groups excluding tert-OH is 1. The van der Waals surface area contributed by atoms with Gasteiger partial charge in [0.05, 0.1) is 6.10 Å². The number of halogens is 1. The molecule has 4 heteroatoms. The first kappa shape index (κ1) is 12.6. The highest BCUT2D eigenvalue weighted by Gasteiger charge is 2.07. The fourth-order valence-corrected chi connectivity index (χ4v) is 2.18. The lowest BCUT2D eigenvalue weighted by atomic mass is 10.1. The zero-order valence-electron chi connectivity index (χ0n) is 9.00. The molecule has 1 aromatic carbocycles. The second-order valence-corrected chi connectivity index (χ2v) is 5.03. The van der Waals surface area contributed by atoms with Gasteiger partial charge in [-0.3, -0.25) is 0 Å². The highest BCUT2D eigenvalue weighted by molar-refractivity contribution is 14.1. The van der Waals surface area contributed by atoms with E-state index in [1.807, 2.05) is 18.2 Å². The maximum Gasteiger partial charge on any atom is 0.0531 e. The second-order valence-electron chi connectivity index (χ2n) is 3.87. The molecule has 84 valence electrons. The Hall–Kier alpha value is -0.490. The topological polar surface area (TPSA) is 58.3 Å². The van der Waals surface area contributed by atoms with Crippen molar-refractivity contribution in [3.63, 3.8) is 0 Å². The van der Waals surface area contributed by atoms with Crippen molar-refractivity contribution in [1.82, 2.24) is 0 Å². The lowest BCUT2D eigenvalue weighted by Crippen LogP contribution is -2.21. The summed E-state index contributed by atoms with van der Waals surface area (Å²) < 4.78 is 1.10. The van der Waals surface area contributed by atoms with Crippen molar-refractivity contribution < 1.29 is 5.11 Å². The summed E-state index contributed by atoms with van der Waals surface area (Å²) in [6.07, 6.45) is 0.458. The van der Waals surface area contributed by atoms with Crippen LogP contribution in [-0.2, 0) is 0 Å². The molecule has 0 bridgehead atoms. The first-order valence-corrected chi connectivity index (χ1v) is 6.06. The van der Waals surface area contributed by atoms with Crippen LogP contribution in [0.4, 0.5) is 11.4 Å². The van der Waals surface area contributed by atoms with Gasteiger partial charge in [0, 0.05) is 21.0 Å². The molecule has 0 spiro atoms. The molecule has 0 saturated carbocycles. The highest BCUT2D eigenvalue weighted by Crippen LogP contribution is 2.22. The molecule has 15 heavy (non-hydrogen) atoms. The van der Waals surface area contributed by atoms with Gasteiger partial charge in [-0.2, -0.15) is 0 Å². The maximum absolute atomic E-state index is 9.25. The molecule has 3 nitrogen and oxygen atoms in total. The number of anilines is 2. The molecule has 4 N–H and O–H groups in total. The van der Waals surface area contributed by atoms with Crippen LogP contribution in [0.5, 0.6) is 0 Å². The van der Waals surface area contributed by atoms with Gasteiger partial charge in [-0.25, -0.2) is 0 Å². The minimum absolute atomic E-state index is 0.252. The number of aliphatic hydroxyl groups is 1. The minimum Gasteiger partial charge on any atom is -0.399 e. The van der Waals surface area contributed by atoms with Gasteiger partial charge in [0.15, 0.2) is 0 Å². The molecule has 0 aliphatic heterocycles. The van der Waals surface area contributed by atoms with Crippen molar-refractivity contribution in [2.24, 2.45) is 0 Å². The molecule has 2 atom stereocenters. The molecule has 0 heterocycles. The lowest BCUT2D eigenvalue weighted by Gasteiger charge is -2.17. The first-order valence-electron chi connectivity index (χ1n) is 4.98. The Morgan fingerprint density at radius 2 is 2.13 bits per heavy atom. The van der Waals surface area contributed by atoms with Crippen LogP contribution < -0.4 is 11.1 Å². The number of nitrogen functional groups attached to an aromatic ring is 1. The van der Waals surface area contributed by atoms with Gasteiger partial charge < -0.3 is 16.2 Å². The Bertz CT molecular complexity index is 328. The largest absolute Gasteiger partial charge is 0.399 e. The van der Waals surface area contributed by atoms with Gasteiger partial charge in [-0.05, 0) is 61.1 Å². The zero-order chi connectivity index (χ0) is 11.4. The molecule has 0 fully saturated rings. The Morgan fingerprint density at radius 1 is 1.47 bits per heavy atom. The highest BCUT2D eigenvalue weighted by atomic mass is 127. The van der Waals surface area contributed by atoms with E-state index >= 15 is 0 Å². The second kappa shape index (κ2) is 5.55. The smallest absolute Gasteiger partial charge is 0.0531 e. The molecule has 0 aliphatic rings. The van der Waals surface area contributed by atoms with Crippen LogP contribution in [-0.4, -0.2) is 17.3 Å². The summed E-state index contributed by atoms with van der Waals surface area (Å²) >= 11 is 2.25. The van der Waals surface area contributed by atoms with E-state index in [1.165, 1.54) is 0 Å². The van der Waals surface area contributed by atoms with Crippen LogP contribution in [0.25, 0.3) is 0 Å². The van der Waals surface area contributed by atoms with Crippen LogP contribution in [0.3, 0.4) is 0 Å². The van der Waals surface area contributed by atoms with E-state index in [0.29, 0.717) is 0 Å². The number of hydrogen-bond acceptors (Lipinski definition) is 3. The predicted octanol–water partition coefficient (Wildman–Crippen LogP) is 2.44. The number of rotatable bonds is 4. The van der Waals surface area contributed by atoms with Crippen molar-refractivity contribution in [2.75, 3.05) is 11.1 Å². The number of benzene rings is 1. The van der Waals surface area contributed by atoms with E-state index in [0.717, 1.165) is 21.4 Å². The standard InChI is InChI=1S/C11H17IN2O/c1-7(5-8(2)15)14-11-4-3-9(13)6-10(11)12/h3-4,6-8,14-15H,5,13H2,1-2H3. The average Bonchev–Trinajstić information content (AvgIpc) is 2.08. The lowest BCUT2D eigenvalue weighted by molar-refractivity contribution is 0.179. The van der Waals surface area contributed by atoms with E-state index in [4.69, 9.17) is 5.73 Å². The van der Waals surface area contributed by atoms with Gasteiger partial charge in [0.2, 0.25) is 0 Å². The zero-order valence-corrected chi connectivity index (χ0v) is 11.2. The van der Waals surface area contributed by atoms with Crippen molar-refractivity contribution in [2.45, 2.75) is 32.4 Å². The van der Waals surface area contributed by atoms with Gasteiger partial charge in [-0.1, -0.05) is 0 Å². The molecule has 1 aromatic rings. The van der Waals surface area contributed by atoms with Crippen LogP contribution in [0.1, 0.15) is 20.3 Å². The molecular formula is C11H17IN2O. The van der Waals surface area contributed by atoms with Gasteiger partial charge in [0.1, 0.15) is 0 Å². The molecule has 0 aromatic heterocycles. The maximum atomic E-state index is 9.25. The van der Waals surface area contributed by atoms with Gasteiger partial charge >= 0.3 is 0 Å². The monoisotopic (exact) mass is 320 g/mol. The molecule has 0 radical (unpaired) electrons. The Morgan fingerprint density at radius 3 is 2.67 bits per heavy atom. The SMILES string of the molecule is CC(O)CC(C)Nc1ccc(N)cc1I. The molecule has 0 saturated heterocycles. The van der Waals surface area contributed by atoms with Crippen LogP contribution in [0.15, 0.2) is 18.2 Å². The fourth-order valence-electron chi connectivity index (χ4n) is 1.48. The van der Waals surface area contributed by atoms with Crippen LogP contribution in [0.2, 0.25) is 0 Å². The fraction of sp³-hybridized carbons (Fsp3) is 0.455. The normalized spacial score (nSPS) is 14.7. The first-order chi connectivity index (χ1) is 6.99. The summed E-state index contributed by atoms with van der Waals surface area (Å²) in [7, 11) is 0. The predicted molar refractivity (Wildman–Crippen MR) is 73.0 cm³/mol. The van der Waals surface area contributed by atoms with Crippen molar-refractivity contribution in [3.05, 3.63) is 21.8 Å². The van der Waals surface area contributed by atoms with Crippen molar-refractivity contribution in [3.8, 4) is 0 Å².